The standard InChI is InChI=1S/C34H42N8O3/c1-39-14-16-40(17-15-39)26-8-6-25(7-9-26)36-34(43)35-24-4-2-23(3-5-24)33-37-31(41-27-10-11-28(41)20-44-19-27)18-32(38-33)42-29-12-13-30(42)22-45-21-29/h2-9,18,27-30H,10-17,19-22H2,1H3,(H2,35,36,43). The van der Waals surface area contributed by atoms with E-state index in [2.05, 4.69) is 55.5 Å². The zero-order valence-electron chi connectivity index (χ0n) is 25.9. The van der Waals surface area contributed by atoms with Crippen molar-refractivity contribution >= 4 is 34.7 Å². The summed E-state index contributed by atoms with van der Waals surface area (Å²) in [6.45, 7) is 7.13. The van der Waals surface area contributed by atoms with Gasteiger partial charge in [-0.2, -0.15) is 0 Å². The molecule has 4 atom stereocenters. The second kappa shape index (κ2) is 12.1. The first-order valence-electron chi connectivity index (χ1n) is 16.4. The van der Waals surface area contributed by atoms with E-state index in [4.69, 9.17) is 19.4 Å². The fraction of sp³-hybridized carbons (Fsp3) is 0.500. The van der Waals surface area contributed by atoms with Gasteiger partial charge in [0.1, 0.15) is 11.6 Å². The first-order chi connectivity index (χ1) is 22.1. The summed E-state index contributed by atoms with van der Waals surface area (Å²) in [7, 11) is 2.16. The zero-order chi connectivity index (χ0) is 30.3. The number of amides is 2. The van der Waals surface area contributed by atoms with Gasteiger partial charge in [0.25, 0.3) is 0 Å². The zero-order valence-corrected chi connectivity index (χ0v) is 25.9. The number of likely N-dealkylation sites (N-methyl/N-ethyl adjacent to an activating group) is 1. The maximum Gasteiger partial charge on any atom is 0.323 e. The Morgan fingerprint density at radius 3 is 1.64 bits per heavy atom. The first kappa shape index (κ1) is 28.5. The van der Waals surface area contributed by atoms with E-state index in [-0.39, 0.29) is 6.03 Å². The van der Waals surface area contributed by atoms with E-state index in [0.717, 1.165) is 101 Å². The van der Waals surface area contributed by atoms with Crippen molar-refractivity contribution in [1.82, 2.24) is 14.9 Å². The summed E-state index contributed by atoms with van der Waals surface area (Å²) < 4.78 is 11.7. The van der Waals surface area contributed by atoms with Gasteiger partial charge in [-0.25, -0.2) is 14.8 Å². The topological polar surface area (TPSA) is 98.3 Å². The van der Waals surface area contributed by atoms with Crippen molar-refractivity contribution < 1.29 is 14.3 Å². The molecule has 11 heteroatoms. The number of carbonyl (C=O) groups excluding carboxylic acids is 1. The van der Waals surface area contributed by atoms with Crippen molar-refractivity contribution in [3.05, 3.63) is 54.6 Å². The fourth-order valence-corrected chi connectivity index (χ4v) is 7.64. The molecular formula is C34H42N8O3. The Morgan fingerprint density at radius 2 is 1.16 bits per heavy atom. The van der Waals surface area contributed by atoms with Crippen LogP contribution < -0.4 is 25.3 Å². The maximum atomic E-state index is 12.8. The smallest absolute Gasteiger partial charge is 0.323 e. The van der Waals surface area contributed by atoms with Crippen LogP contribution in [0.25, 0.3) is 11.4 Å². The minimum atomic E-state index is -0.277. The summed E-state index contributed by atoms with van der Waals surface area (Å²) in [5, 5.41) is 5.92. The number of rotatable bonds is 6. The van der Waals surface area contributed by atoms with Gasteiger partial charge in [0.2, 0.25) is 0 Å². The van der Waals surface area contributed by atoms with E-state index in [1.165, 1.54) is 5.69 Å². The predicted molar refractivity (Wildman–Crippen MR) is 176 cm³/mol. The number of urea groups is 1. The lowest BCUT2D eigenvalue weighted by Crippen LogP contribution is -2.48. The van der Waals surface area contributed by atoms with Gasteiger partial charge < -0.3 is 39.7 Å². The normalized spacial score (nSPS) is 26.3. The summed E-state index contributed by atoms with van der Waals surface area (Å²) in [4.78, 5) is 32.7. The van der Waals surface area contributed by atoms with Gasteiger partial charge in [-0.05, 0) is 81.3 Å². The van der Waals surface area contributed by atoms with Gasteiger partial charge in [-0.15, -0.1) is 0 Å². The molecule has 2 N–H and O–H groups in total. The minimum Gasteiger partial charge on any atom is -0.377 e. The van der Waals surface area contributed by atoms with Crippen LogP contribution in [0.3, 0.4) is 0 Å². The van der Waals surface area contributed by atoms with Crippen LogP contribution in [-0.4, -0.2) is 105 Å². The van der Waals surface area contributed by atoms with Crippen molar-refractivity contribution in [3.8, 4) is 11.4 Å². The Hall–Kier alpha value is -3.93. The highest BCUT2D eigenvalue weighted by Gasteiger charge is 2.41. The molecule has 5 aliphatic heterocycles. The van der Waals surface area contributed by atoms with Crippen LogP contribution in [0, 0.1) is 0 Å². The molecule has 45 heavy (non-hydrogen) atoms. The summed E-state index contributed by atoms with van der Waals surface area (Å²) in [5.41, 5.74) is 3.57. The number of benzene rings is 2. The number of piperazine rings is 1. The van der Waals surface area contributed by atoms with Crippen LogP contribution >= 0.6 is 0 Å². The van der Waals surface area contributed by atoms with Gasteiger partial charge in [-0.1, -0.05) is 0 Å². The number of fused-ring (bicyclic) bond motifs is 4. The van der Waals surface area contributed by atoms with E-state index in [1.807, 2.05) is 36.4 Å². The predicted octanol–water partition coefficient (Wildman–Crippen LogP) is 4.27. The Morgan fingerprint density at radius 1 is 0.689 bits per heavy atom. The molecule has 0 saturated carbocycles. The van der Waals surface area contributed by atoms with Crippen LogP contribution in [0.5, 0.6) is 0 Å². The van der Waals surface area contributed by atoms with Crippen LogP contribution in [0.15, 0.2) is 54.6 Å². The van der Waals surface area contributed by atoms with Crippen molar-refractivity contribution in [2.45, 2.75) is 49.9 Å². The second-order valence-corrected chi connectivity index (χ2v) is 13.1. The van der Waals surface area contributed by atoms with E-state index in [0.29, 0.717) is 35.7 Å². The van der Waals surface area contributed by atoms with Gasteiger partial charge in [0.15, 0.2) is 5.82 Å². The molecule has 0 spiro atoms. The number of ether oxygens (including phenoxy) is 2. The molecule has 1 aromatic heterocycles. The third kappa shape index (κ3) is 5.80. The molecule has 5 saturated heterocycles. The molecule has 6 heterocycles. The minimum absolute atomic E-state index is 0.277. The number of aromatic nitrogens is 2. The van der Waals surface area contributed by atoms with Gasteiger partial charge in [0.05, 0.1) is 50.6 Å². The SMILES string of the molecule is CN1CCN(c2ccc(NC(=O)Nc3ccc(-c4nc(N5C6CCC5COC6)cc(N5C6CCC5COC6)n4)cc3)cc2)CC1. The number of anilines is 5. The molecule has 8 rings (SSSR count). The highest BCUT2D eigenvalue weighted by Crippen LogP contribution is 2.39. The molecular weight excluding hydrogens is 568 g/mol. The number of carbonyl (C=O) groups is 1. The van der Waals surface area contributed by atoms with E-state index in [9.17, 15) is 4.79 Å². The van der Waals surface area contributed by atoms with Gasteiger partial charge >= 0.3 is 6.03 Å². The number of nitrogens with one attached hydrogen (secondary N) is 2. The van der Waals surface area contributed by atoms with Crippen molar-refractivity contribution in [2.75, 3.05) is 85.0 Å². The number of hydrogen-bond donors (Lipinski definition) is 2. The summed E-state index contributed by atoms with van der Waals surface area (Å²) in [5.74, 6) is 2.67. The monoisotopic (exact) mass is 610 g/mol. The Kier molecular flexibility index (Phi) is 7.68. The van der Waals surface area contributed by atoms with E-state index in [1.54, 1.807) is 0 Å². The molecule has 236 valence electrons. The largest absolute Gasteiger partial charge is 0.377 e. The lowest BCUT2D eigenvalue weighted by molar-refractivity contribution is 0.0894. The molecule has 5 fully saturated rings. The molecule has 11 nitrogen and oxygen atoms in total. The number of morpholine rings is 2. The van der Waals surface area contributed by atoms with Gasteiger partial charge in [0, 0.05) is 54.9 Å². The average Bonchev–Trinajstić information content (AvgIpc) is 3.47. The second-order valence-electron chi connectivity index (χ2n) is 13.1. The van der Waals surface area contributed by atoms with Crippen molar-refractivity contribution in [1.29, 1.82) is 0 Å². The molecule has 2 aromatic carbocycles. The lowest BCUT2D eigenvalue weighted by Gasteiger charge is -2.38. The highest BCUT2D eigenvalue weighted by molar-refractivity contribution is 6.00. The Labute approximate surface area is 264 Å². The van der Waals surface area contributed by atoms with E-state index >= 15 is 0 Å². The van der Waals surface area contributed by atoms with Crippen LogP contribution in [-0.2, 0) is 9.47 Å². The number of nitrogens with zero attached hydrogens (tertiary/aromatic N) is 6. The van der Waals surface area contributed by atoms with E-state index < -0.39 is 0 Å². The molecule has 2 amide bonds. The molecule has 5 aliphatic rings. The highest BCUT2D eigenvalue weighted by atomic mass is 16.5. The Bertz CT molecular complexity index is 1430. The maximum absolute atomic E-state index is 12.8. The van der Waals surface area contributed by atoms with Crippen molar-refractivity contribution in [2.24, 2.45) is 0 Å². The first-order valence-corrected chi connectivity index (χ1v) is 16.4. The van der Waals surface area contributed by atoms with Crippen LogP contribution in [0.2, 0.25) is 0 Å². The number of hydrogen-bond acceptors (Lipinski definition) is 9. The van der Waals surface area contributed by atoms with Crippen LogP contribution in [0.4, 0.5) is 33.5 Å². The molecule has 4 unspecified atom stereocenters. The Balaban J connectivity index is 0.982. The lowest BCUT2D eigenvalue weighted by atomic mass is 10.1. The third-order valence-corrected chi connectivity index (χ3v) is 10.1. The summed E-state index contributed by atoms with van der Waals surface area (Å²) in [6.07, 6.45) is 4.52. The summed E-state index contributed by atoms with van der Waals surface area (Å²) in [6, 6.07) is 19.2. The average molecular weight is 611 g/mol. The quantitative estimate of drug-likeness (QED) is 0.424. The van der Waals surface area contributed by atoms with Crippen LogP contribution in [0.1, 0.15) is 25.7 Å². The molecule has 0 radical (unpaired) electrons. The van der Waals surface area contributed by atoms with Crippen molar-refractivity contribution in [3.63, 3.8) is 0 Å². The summed E-state index contributed by atoms with van der Waals surface area (Å²) >= 11 is 0. The van der Waals surface area contributed by atoms with Gasteiger partial charge in [-0.3, -0.25) is 0 Å². The molecule has 3 aromatic rings. The molecule has 0 aliphatic carbocycles. The third-order valence-electron chi connectivity index (χ3n) is 10.1. The fourth-order valence-electron chi connectivity index (χ4n) is 7.64. The molecule has 4 bridgehead atoms.